The first-order chi connectivity index (χ1) is 19.9. The summed E-state index contributed by atoms with van der Waals surface area (Å²) in [5.74, 6) is -0.292. The van der Waals surface area contributed by atoms with Crippen LogP contribution in [0.15, 0.2) is 42.9 Å². The number of anilines is 2. The number of nitrogens with one attached hydrogen (secondary N) is 1. The molecular formula is C28H29F3N8O3. The van der Waals surface area contributed by atoms with Crippen LogP contribution in [0.1, 0.15) is 50.8 Å². The summed E-state index contributed by atoms with van der Waals surface area (Å²) in [6.45, 7) is 6.41. The summed E-state index contributed by atoms with van der Waals surface area (Å²) in [6.07, 6.45) is -0.0173. The predicted octanol–water partition coefficient (Wildman–Crippen LogP) is 5.83. The molecule has 4 aromatic rings. The van der Waals surface area contributed by atoms with Gasteiger partial charge < -0.3 is 24.3 Å². The second-order valence-corrected chi connectivity index (χ2v) is 10.8. The standard InChI is InChI=1S/C28H29F3N8O3/c1-27(2,3)42-26(40)37-11-8-18(9-12-37)39-16-21(24(36-39)41-4)34-25-33-15-20(28(29,30)31)23(35-25)38-13-10-19-17(14-32)6-5-7-22(19)38/h5-7,10,13,15-16,18H,8-9,11-12H2,1-4H3,(H,33,34,35). The van der Waals surface area contributed by atoms with E-state index in [0.717, 1.165) is 0 Å². The van der Waals surface area contributed by atoms with Gasteiger partial charge in [-0.3, -0.25) is 4.68 Å². The van der Waals surface area contributed by atoms with Crippen LogP contribution in [-0.2, 0) is 10.9 Å². The van der Waals surface area contributed by atoms with Crippen LogP contribution in [0.25, 0.3) is 16.7 Å². The lowest BCUT2D eigenvalue weighted by atomic mass is 10.1. The fourth-order valence-electron chi connectivity index (χ4n) is 4.83. The topological polar surface area (TPSA) is 123 Å². The van der Waals surface area contributed by atoms with Crippen molar-refractivity contribution in [3.8, 4) is 17.8 Å². The van der Waals surface area contributed by atoms with Crippen LogP contribution in [-0.4, -0.2) is 61.1 Å². The van der Waals surface area contributed by atoms with Gasteiger partial charge in [0.15, 0.2) is 5.82 Å². The summed E-state index contributed by atoms with van der Waals surface area (Å²) in [6, 6.07) is 8.39. The first-order valence-corrected chi connectivity index (χ1v) is 13.2. The number of hydrogen-bond acceptors (Lipinski definition) is 8. The molecule has 0 radical (unpaired) electrons. The van der Waals surface area contributed by atoms with Gasteiger partial charge in [-0.2, -0.15) is 23.4 Å². The monoisotopic (exact) mass is 582 g/mol. The van der Waals surface area contributed by atoms with E-state index in [2.05, 4.69) is 26.5 Å². The number of likely N-dealkylation sites (tertiary alicyclic amines) is 1. The number of methoxy groups -OCH3 is 1. The number of ether oxygens (including phenoxy) is 2. The van der Waals surface area contributed by atoms with E-state index in [4.69, 9.17) is 9.47 Å². The summed E-state index contributed by atoms with van der Waals surface area (Å²) in [5, 5.41) is 17.3. The van der Waals surface area contributed by atoms with Gasteiger partial charge in [0.25, 0.3) is 5.88 Å². The molecule has 0 aliphatic carbocycles. The Hall–Kier alpha value is -4.80. The van der Waals surface area contributed by atoms with E-state index in [9.17, 15) is 23.2 Å². The highest BCUT2D eigenvalue weighted by Crippen LogP contribution is 2.36. The number of alkyl halides is 3. The molecule has 1 aromatic carbocycles. The van der Waals surface area contributed by atoms with Crippen molar-refractivity contribution in [3.63, 3.8) is 0 Å². The number of piperidine rings is 1. The molecular weight excluding hydrogens is 553 g/mol. The molecule has 11 nitrogen and oxygen atoms in total. The zero-order valence-electron chi connectivity index (χ0n) is 23.4. The average molecular weight is 583 g/mol. The lowest BCUT2D eigenvalue weighted by molar-refractivity contribution is -0.137. The molecule has 0 saturated carbocycles. The third-order valence-electron chi connectivity index (χ3n) is 6.78. The van der Waals surface area contributed by atoms with Gasteiger partial charge in [0.1, 0.15) is 16.9 Å². The van der Waals surface area contributed by atoms with E-state index in [1.807, 2.05) is 20.8 Å². The van der Waals surface area contributed by atoms with E-state index in [1.165, 1.54) is 17.9 Å². The number of halogens is 3. The second-order valence-electron chi connectivity index (χ2n) is 10.8. The van der Waals surface area contributed by atoms with E-state index < -0.39 is 23.2 Å². The van der Waals surface area contributed by atoms with Crippen molar-refractivity contribution in [2.45, 2.75) is 51.4 Å². The number of hydrogen-bond donors (Lipinski definition) is 1. The molecule has 1 fully saturated rings. The Morgan fingerprint density at radius 2 is 1.90 bits per heavy atom. The van der Waals surface area contributed by atoms with Gasteiger partial charge in [-0.1, -0.05) is 6.07 Å². The Bertz CT molecular complexity index is 1660. The maximum absolute atomic E-state index is 14.0. The van der Waals surface area contributed by atoms with Crippen LogP contribution in [0.4, 0.5) is 29.6 Å². The number of amides is 1. The Morgan fingerprint density at radius 3 is 2.55 bits per heavy atom. The van der Waals surface area contributed by atoms with Gasteiger partial charge >= 0.3 is 12.3 Å². The maximum Gasteiger partial charge on any atom is 0.421 e. The molecule has 3 aromatic heterocycles. The summed E-state index contributed by atoms with van der Waals surface area (Å²) in [5.41, 5.74) is -0.527. The first kappa shape index (κ1) is 28.7. The van der Waals surface area contributed by atoms with E-state index >= 15 is 0 Å². The minimum Gasteiger partial charge on any atom is -0.478 e. The van der Waals surface area contributed by atoms with Gasteiger partial charge in [0, 0.05) is 30.9 Å². The summed E-state index contributed by atoms with van der Waals surface area (Å²) in [4.78, 5) is 22.2. The lowest BCUT2D eigenvalue weighted by Gasteiger charge is -2.33. The van der Waals surface area contributed by atoms with E-state index in [1.54, 1.807) is 40.0 Å². The normalized spacial score (nSPS) is 14.6. The van der Waals surface area contributed by atoms with Crippen LogP contribution in [0.5, 0.6) is 5.88 Å². The number of aromatic nitrogens is 5. The summed E-state index contributed by atoms with van der Waals surface area (Å²) in [7, 11) is 1.43. The van der Waals surface area contributed by atoms with Crippen molar-refractivity contribution < 1.29 is 27.4 Å². The zero-order chi connectivity index (χ0) is 30.2. The van der Waals surface area contributed by atoms with Crippen molar-refractivity contribution in [3.05, 3.63) is 54.0 Å². The number of rotatable bonds is 5. The number of carbonyl (C=O) groups excluding carboxylic acids is 1. The predicted molar refractivity (Wildman–Crippen MR) is 147 cm³/mol. The molecule has 5 rings (SSSR count). The molecule has 1 aliphatic heterocycles. The molecule has 14 heteroatoms. The van der Waals surface area contributed by atoms with E-state index in [0.29, 0.717) is 54.3 Å². The van der Waals surface area contributed by atoms with Crippen LogP contribution < -0.4 is 10.1 Å². The molecule has 1 aliphatic rings. The van der Waals surface area contributed by atoms with Crippen molar-refractivity contribution in [2.24, 2.45) is 0 Å². The Kier molecular flexibility index (Phi) is 7.44. The van der Waals surface area contributed by atoms with Gasteiger partial charge in [-0.05, 0) is 51.8 Å². The van der Waals surface area contributed by atoms with Gasteiger partial charge in [-0.25, -0.2) is 9.78 Å². The third-order valence-corrected chi connectivity index (χ3v) is 6.78. The Labute approximate surface area is 239 Å². The van der Waals surface area contributed by atoms with Crippen molar-refractivity contribution in [2.75, 3.05) is 25.5 Å². The van der Waals surface area contributed by atoms with E-state index in [-0.39, 0.29) is 24.0 Å². The van der Waals surface area contributed by atoms with Gasteiger partial charge in [-0.15, -0.1) is 5.10 Å². The minimum atomic E-state index is -4.73. The summed E-state index contributed by atoms with van der Waals surface area (Å²) >= 11 is 0. The highest BCUT2D eigenvalue weighted by atomic mass is 19.4. The van der Waals surface area contributed by atoms with Crippen molar-refractivity contribution in [1.82, 2.24) is 29.2 Å². The smallest absolute Gasteiger partial charge is 0.421 e. The van der Waals surface area contributed by atoms with Crippen molar-refractivity contribution >= 4 is 28.6 Å². The van der Waals surface area contributed by atoms with Crippen LogP contribution in [0.3, 0.4) is 0 Å². The Morgan fingerprint density at radius 1 is 1.17 bits per heavy atom. The van der Waals surface area contributed by atoms with Crippen LogP contribution >= 0.6 is 0 Å². The SMILES string of the molecule is COc1nn(C2CCN(C(=O)OC(C)(C)C)CC2)cc1Nc1ncc(C(F)(F)F)c(-n2ccc3c(C#N)cccc32)n1. The van der Waals surface area contributed by atoms with Gasteiger partial charge in [0.05, 0.1) is 36.5 Å². The number of nitriles is 1. The van der Waals surface area contributed by atoms with Crippen molar-refractivity contribution in [1.29, 1.82) is 5.26 Å². The minimum absolute atomic E-state index is 0.0437. The molecule has 1 N–H and O–H groups in total. The zero-order valence-corrected chi connectivity index (χ0v) is 23.4. The number of fused-ring (bicyclic) bond motifs is 1. The molecule has 0 bridgehead atoms. The molecule has 220 valence electrons. The molecule has 4 heterocycles. The fraction of sp³-hybridized carbons (Fsp3) is 0.393. The largest absolute Gasteiger partial charge is 0.478 e. The third kappa shape index (κ3) is 5.81. The molecule has 1 saturated heterocycles. The number of benzene rings is 1. The first-order valence-electron chi connectivity index (χ1n) is 13.2. The molecule has 1 amide bonds. The lowest BCUT2D eigenvalue weighted by Crippen LogP contribution is -2.42. The molecule has 0 atom stereocenters. The highest BCUT2D eigenvalue weighted by Gasteiger charge is 2.36. The maximum atomic E-state index is 14.0. The molecule has 0 spiro atoms. The summed E-state index contributed by atoms with van der Waals surface area (Å²) < 4.78 is 55.9. The Balaban J connectivity index is 1.41. The van der Waals surface area contributed by atoms with Gasteiger partial charge in [0.2, 0.25) is 5.95 Å². The van der Waals surface area contributed by atoms with Crippen LogP contribution in [0.2, 0.25) is 0 Å². The number of nitrogens with zero attached hydrogens (tertiary/aromatic N) is 7. The fourth-order valence-corrected chi connectivity index (χ4v) is 4.83. The average Bonchev–Trinajstić information content (AvgIpc) is 3.55. The molecule has 42 heavy (non-hydrogen) atoms. The number of carbonyl (C=O) groups is 1. The van der Waals surface area contributed by atoms with Crippen LogP contribution in [0, 0.1) is 11.3 Å². The highest BCUT2D eigenvalue weighted by molar-refractivity contribution is 5.87. The quantitative estimate of drug-likeness (QED) is 0.312. The molecule has 0 unspecified atom stereocenters. The second kappa shape index (κ2) is 10.9.